The number of anilines is 1. The van der Waals surface area contributed by atoms with Gasteiger partial charge in [0.1, 0.15) is 5.82 Å². The second-order valence-electron chi connectivity index (χ2n) is 3.74. The van der Waals surface area contributed by atoms with Crippen molar-refractivity contribution in [3.8, 4) is 0 Å². The van der Waals surface area contributed by atoms with E-state index in [0.717, 1.165) is 11.3 Å². The Morgan fingerprint density at radius 3 is 2.65 bits per heavy atom. The molecule has 0 aliphatic rings. The summed E-state index contributed by atoms with van der Waals surface area (Å²) in [5.41, 5.74) is 2.37. The first-order valence-electron chi connectivity index (χ1n) is 5.19. The van der Waals surface area contributed by atoms with Gasteiger partial charge in [0.25, 0.3) is 0 Å². The zero-order valence-electron chi connectivity index (χ0n) is 10.0. The molecule has 1 aromatic rings. The predicted molar refractivity (Wildman–Crippen MR) is 66.3 cm³/mol. The molecule has 0 aliphatic heterocycles. The van der Waals surface area contributed by atoms with Crippen LogP contribution in [0.1, 0.15) is 26.5 Å². The molecular formula is C12H15F2N3. The van der Waals surface area contributed by atoms with E-state index in [-0.39, 0.29) is 5.82 Å². The quantitative estimate of drug-likeness (QED) is 0.644. The van der Waals surface area contributed by atoms with Crippen LogP contribution in [0.25, 0.3) is 5.57 Å². The molecule has 0 atom stereocenters. The van der Waals surface area contributed by atoms with Crippen molar-refractivity contribution in [1.29, 1.82) is 0 Å². The summed E-state index contributed by atoms with van der Waals surface area (Å²) in [6, 6.07) is 4.92. The molecule has 0 bridgehead atoms. The number of rotatable bonds is 4. The summed E-state index contributed by atoms with van der Waals surface area (Å²) in [6.45, 7) is 2.98. The fourth-order valence-electron chi connectivity index (χ4n) is 1.14. The first-order valence-corrected chi connectivity index (χ1v) is 5.19. The number of nitrogens with one attached hydrogen (secondary N) is 1. The number of nitrogens with zero attached hydrogens (tertiary/aromatic N) is 2. The van der Waals surface area contributed by atoms with Crippen molar-refractivity contribution in [3.05, 3.63) is 30.1 Å². The number of hydrogen-bond acceptors (Lipinski definition) is 3. The maximum atomic E-state index is 12.1. The predicted octanol–water partition coefficient (Wildman–Crippen LogP) is 3.56. The van der Waals surface area contributed by atoms with Gasteiger partial charge in [-0.1, -0.05) is 6.07 Å². The van der Waals surface area contributed by atoms with Crippen LogP contribution < -0.4 is 5.32 Å². The summed E-state index contributed by atoms with van der Waals surface area (Å²) in [6.07, 6.45) is 1.67. The Labute approximate surface area is 99.3 Å². The minimum absolute atomic E-state index is 0.155. The zero-order chi connectivity index (χ0) is 12.8. The van der Waals surface area contributed by atoms with Gasteiger partial charge in [0.15, 0.2) is 0 Å². The molecule has 1 heterocycles. The summed E-state index contributed by atoms with van der Waals surface area (Å²) in [5, 5.41) is 1.96. The molecule has 1 rings (SSSR count). The number of pyridine rings is 1. The highest BCUT2D eigenvalue weighted by Crippen LogP contribution is 2.14. The van der Waals surface area contributed by atoms with Crippen LogP contribution in [0.5, 0.6) is 0 Å². The van der Waals surface area contributed by atoms with Gasteiger partial charge in [-0.05, 0) is 38.5 Å². The van der Waals surface area contributed by atoms with Crippen molar-refractivity contribution in [2.24, 2.45) is 4.99 Å². The second-order valence-corrected chi connectivity index (χ2v) is 3.74. The van der Waals surface area contributed by atoms with Crippen LogP contribution >= 0.6 is 0 Å². The van der Waals surface area contributed by atoms with Crippen molar-refractivity contribution < 1.29 is 8.78 Å². The van der Waals surface area contributed by atoms with E-state index in [0.29, 0.717) is 5.69 Å². The summed E-state index contributed by atoms with van der Waals surface area (Å²) >= 11 is 0. The Morgan fingerprint density at radius 2 is 2.06 bits per heavy atom. The second kappa shape index (κ2) is 6.08. The molecule has 0 radical (unpaired) electrons. The Kier molecular flexibility index (Phi) is 4.75. The van der Waals surface area contributed by atoms with E-state index >= 15 is 0 Å². The largest absolute Gasteiger partial charge is 0.314 e. The summed E-state index contributed by atoms with van der Waals surface area (Å²) in [5.74, 6) is 0.155. The van der Waals surface area contributed by atoms with Crippen molar-refractivity contribution in [2.45, 2.75) is 27.3 Å². The van der Waals surface area contributed by atoms with Crippen LogP contribution in [-0.4, -0.2) is 17.2 Å². The molecular weight excluding hydrogens is 224 g/mol. The highest BCUT2D eigenvalue weighted by atomic mass is 19.3. The maximum Gasteiger partial charge on any atom is 0.314 e. The molecule has 1 aromatic heterocycles. The average Bonchev–Trinajstić information content (AvgIpc) is 2.25. The smallest absolute Gasteiger partial charge is 0.314 e. The van der Waals surface area contributed by atoms with Gasteiger partial charge in [0, 0.05) is 11.9 Å². The van der Waals surface area contributed by atoms with Crippen molar-refractivity contribution in [2.75, 3.05) is 5.32 Å². The number of halogens is 2. The lowest BCUT2D eigenvalue weighted by molar-refractivity contribution is 0.181. The van der Waals surface area contributed by atoms with Crippen molar-refractivity contribution >= 4 is 17.1 Å². The lowest BCUT2D eigenvalue weighted by Crippen LogP contribution is -2.08. The molecule has 3 nitrogen and oxygen atoms in total. The van der Waals surface area contributed by atoms with Gasteiger partial charge in [0.05, 0.1) is 5.69 Å². The fourth-order valence-corrected chi connectivity index (χ4v) is 1.14. The first-order chi connectivity index (χ1) is 7.99. The zero-order valence-corrected chi connectivity index (χ0v) is 10.0. The highest BCUT2D eigenvalue weighted by molar-refractivity contribution is 5.80. The number of allylic oxidation sites excluding steroid dienone is 1. The molecule has 0 spiro atoms. The summed E-state index contributed by atoms with van der Waals surface area (Å²) < 4.78 is 24.2. The van der Waals surface area contributed by atoms with E-state index in [4.69, 9.17) is 0 Å². The molecule has 5 heteroatoms. The normalized spacial score (nSPS) is 11.5. The Balaban J connectivity index is 2.91. The van der Waals surface area contributed by atoms with E-state index in [2.05, 4.69) is 9.98 Å². The third-order valence-electron chi connectivity index (χ3n) is 1.93. The van der Waals surface area contributed by atoms with Crippen LogP contribution in [-0.2, 0) is 0 Å². The number of aromatic nitrogens is 1. The molecule has 17 heavy (non-hydrogen) atoms. The number of alkyl halides is 2. The van der Waals surface area contributed by atoms with E-state index in [1.165, 1.54) is 6.07 Å². The van der Waals surface area contributed by atoms with Crippen LogP contribution in [0, 0.1) is 0 Å². The van der Waals surface area contributed by atoms with Crippen LogP contribution in [0.4, 0.5) is 14.6 Å². The molecule has 1 N–H and O–H groups in total. The lowest BCUT2D eigenvalue weighted by Gasteiger charge is -2.06. The highest BCUT2D eigenvalue weighted by Gasteiger charge is 2.04. The molecule has 0 fully saturated rings. The molecule has 0 aromatic carbocycles. The van der Waals surface area contributed by atoms with Gasteiger partial charge in [-0.15, -0.1) is 0 Å². The molecule has 0 unspecified atom stereocenters. The van der Waals surface area contributed by atoms with Crippen LogP contribution in [0.15, 0.2) is 29.4 Å². The standard InChI is InChI=1S/C12H15F2N3/c1-8(2)15-7-9(3)10-5-4-6-11(16-10)17-12(13)14/h4-7,12H,1-3H3,(H,16,17)/b9-7+. The Hall–Kier alpha value is -1.78. The minimum atomic E-state index is -2.61. The molecule has 0 saturated heterocycles. The van der Waals surface area contributed by atoms with E-state index < -0.39 is 6.55 Å². The molecule has 0 aliphatic carbocycles. The van der Waals surface area contributed by atoms with Gasteiger partial charge < -0.3 is 5.32 Å². The van der Waals surface area contributed by atoms with Gasteiger partial charge in [-0.25, -0.2) is 4.98 Å². The molecule has 0 amide bonds. The van der Waals surface area contributed by atoms with E-state index in [9.17, 15) is 8.78 Å². The lowest BCUT2D eigenvalue weighted by atomic mass is 10.2. The minimum Gasteiger partial charge on any atom is -0.314 e. The van der Waals surface area contributed by atoms with Gasteiger partial charge in [-0.3, -0.25) is 4.99 Å². The summed E-state index contributed by atoms with van der Waals surface area (Å²) in [7, 11) is 0. The van der Waals surface area contributed by atoms with Crippen molar-refractivity contribution in [1.82, 2.24) is 4.98 Å². The SMILES string of the molecule is CC(C)=N/C=C(\C)c1cccc(NC(F)F)n1. The number of hydrogen-bond donors (Lipinski definition) is 1. The Bertz CT molecular complexity index is 435. The van der Waals surface area contributed by atoms with Crippen molar-refractivity contribution in [3.63, 3.8) is 0 Å². The van der Waals surface area contributed by atoms with Gasteiger partial charge in [0.2, 0.25) is 0 Å². The fraction of sp³-hybridized carbons (Fsp3) is 0.333. The third kappa shape index (κ3) is 4.72. The van der Waals surface area contributed by atoms with Crippen LogP contribution in [0.3, 0.4) is 0 Å². The van der Waals surface area contributed by atoms with E-state index in [1.54, 1.807) is 18.3 Å². The van der Waals surface area contributed by atoms with E-state index in [1.807, 2.05) is 26.1 Å². The average molecular weight is 239 g/mol. The molecule has 0 saturated carbocycles. The summed E-state index contributed by atoms with van der Waals surface area (Å²) in [4.78, 5) is 8.20. The third-order valence-corrected chi connectivity index (χ3v) is 1.93. The molecule has 92 valence electrons. The van der Waals surface area contributed by atoms with Gasteiger partial charge >= 0.3 is 6.55 Å². The Morgan fingerprint density at radius 1 is 1.35 bits per heavy atom. The topological polar surface area (TPSA) is 37.3 Å². The number of aliphatic imine (C=N–C) groups is 1. The van der Waals surface area contributed by atoms with Crippen LogP contribution in [0.2, 0.25) is 0 Å². The maximum absolute atomic E-state index is 12.1. The van der Waals surface area contributed by atoms with Gasteiger partial charge in [-0.2, -0.15) is 8.78 Å². The first kappa shape index (κ1) is 13.3. The monoisotopic (exact) mass is 239 g/mol.